The Bertz CT molecular complexity index is 555. The van der Waals surface area contributed by atoms with Gasteiger partial charge in [0, 0.05) is 16.0 Å². The van der Waals surface area contributed by atoms with Gasteiger partial charge in [-0.2, -0.15) is 0 Å². The second-order valence-electron chi connectivity index (χ2n) is 3.76. The fourth-order valence-corrected chi connectivity index (χ4v) is 2.17. The highest BCUT2D eigenvalue weighted by Gasteiger charge is 2.03. The van der Waals surface area contributed by atoms with Gasteiger partial charge in [0.15, 0.2) is 0 Å². The summed E-state index contributed by atoms with van der Waals surface area (Å²) >= 11 is 9.05. The number of nitrogens with one attached hydrogen (secondary N) is 1. The SMILES string of the molecule is Fc1cc(Cl)cc(CNc2cc(F)ccc2Br)c1. The summed E-state index contributed by atoms with van der Waals surface area (Å²) in [5, 5.41) is 3.35. The van der Waals surface area contributed by atoms with Crippen molar-refractivity contribution in [3.05, 3.63) is 63.1 Å². The molecule has 0 aromatic heterocycles. The van der Waals surface area contributed by atoms with Crippen LogP contribution in [-0.2, 0) is 6.54 Å². The van der Waals surface area contributed by atoms with E-state index in [4.69, 9.17) is 11.6 Å². The molecule has 1 N–H and O–H groups in total. The zero-order valence-electron chi connectivity index (χ0n) is 9.18. The number of hydrogen-bond acceptors (Lipinski definition) is 1. The normalized spacial score (nSPS) is 10.4. The van der Waals surface area contributed by atoms with Gasteiger partial charge in [-0.1, -0.05) is 11.6 Å². The lowest BCUT2D eigenvalue weighted by Gasteiger charge is -2.09. The van der Waals surface area contributed by atoms with Crippen molar-refractivity contribution in [2.24, 2.45) is 0 Å². The monoisotopic (exact) mass is 331 g/mol. The van der Waals surface area contributed by atoms with Crippen LogP contribution in [0.5, 0.6) is 0 Å². The molecule has 0 aliphatic heterocycles. The van der Waals surface area contributed by atoms with Crippen LogP contribution in [0.1, 0.15) is 5.56 Å². The summed E-state index contributed by atoms with van der Waals surface area (Å²) in [6, 6.07) is 8.61. The molecule has 0 saturated heterocycles. The third-order valence-electron chi connectivity index (χ3n) is 2.33. The van der Waals surface area contributed by atoms with E-state index in [1.54, 1.807) is 12.1 Å². The van der Waals surface area contributed by atoms with Crippen LogP contribution in [0.2, 0.25) is 5.02 Å². The lowest BCUT2D eigenvalue weighted by Crippen LogP contribution is -2.01. The van der Waals surface area contributed by atoms with Crippen molar-refractivity contribution in [1.82, 2.24) is 0 Å². The summed E-state index contributed by atoms with van der Waals surface area (Å²) < 4.78 is 26.9. The van der Waals surface area contributed by atoms with E-state index in [0.29, 0.717) is 22.8 Å². The highest BCUT2D eigenvalue weighted by Crippen LogP contribution is 2.24. The van der Waals surface area contributed by atoms with Gasteiger partial charge in [0.05, 0.1) is 5.69 Å². The molecule has 0 aliphatic rings. The molecule has 0 heterocycles. The molecule has 0 unspecified atom stereocenters. The average molecular weight is 333 g/mol. The molecule has 5 heteroatoms. The Labute approximate surface area is 117 Å². The predicted octanol–water partition coefficient (Wildman–Crippen LogP) is 4.99. The molecular weight excluding hydrogens is 324 g/mol. The maximum absolute atomic E-state index is 13.1. The summed E-state index contributed by atoms with van der Waals surface area (Å²) in [7, 11) is 0. The minimum Gasteiger partial charge on any atom is -0.380 e. The number of anilines is 1. The first-order valence-corrected chi connectivity index (χ1v) is 6.35. The van der Waals surface area contributed by atoms with Crippen LogP contribution in [-0.4, -0.2) is 0 Å². The Morgan fingerprint density at radius 3 is 2.56 bits per heavy atom. The molecule has 0 atom stereocenters. The molecule has 94 valence electrons. The lowest BCUT2D eigenvalue weighted by atomic mass is 10.2. The Morgan fingerprint density at radius 1 is 1.06 bits per heavy atom. The Kier molecular flexibility index (Phi) is 4.19. The van der Waals surface area contributed by atoms with Crippen molar-refractivity contribution >= 4 is 33.2 Å². The minimum atomic E-state index is -0.391. The van der Waals surface area contributed by atoms with Crippen molar-refractivity contribution in [3.8, 4) is 0 Å². The van der Waals surface area contributed by atoms with Gasteiger partial charge in [0.2, 0.25) is 0 Å². The van der Waals surface area contributed by atoms with Gasteiger partial charge in [-0.05, 0) is 57.9 Å². The highest BCUT2D eigenvalue weighted by molar-refractivity contribution is 9.10. The summed E-state index contributed by atoms with van der Waals surface area (Å²) in [5.41, 5.74) is 1.30. The quantitative estimate of drug-likeness (QED) is 0.834. The largest absolute Gasteiger partial charge is 0.380 e. The second kappa shape index (κ2) is 5.67. The van der Waals surface area contributed by atoms with E-state index in [9.17, 15) is 8.78 Å². The molecule has 2 rings (SSSR count). The van der Waals surface area contributed by atoms with Gasteiger partial charge < -0.3 is 5.32 Å². The van der Waals surface area contributed by atoms with Crippen molar-refractivity contribution < 1.29 is 8.78 Å². The van der Waals surface area contributed by atoms with Gasteiger partial charge in [-0.25, -0.2) is 8.78 Å². The van der Waals surface area contributed by atoms with Gasteiger partial charge in [-0.3, -0.25) is 0 Å². The van der Waals surface area contributed by atoms with E-state index < -0.39 is 5.82 Å². The molecule has 0 amide bonds. The van der Waals surface area contributed by atoms with Crippen LogP contribution < -0.4 is 5.32 Å². The van der Waals surface area contributed by atoms with Crippen LogP contribution >= 0.6 is 27.5 Å². The second-order valence-corrected chi connectivity index (χ2v) is 5.05. The lowest BCUT2D eigenvalue weighted by molar-refractivity contribution is 0.625. The van der Waals surface area contributed by atoms with Crippen LogP contribution in [0.4, 0.5) is 14.5 Å². The summed E-state index contributed by atoms with van der Waals surface area (Å²) in [4.78, 5) is 0. The van der Waals surface area contributed by atoms with Crippen LogP contribution in [0.25, 0.3) is 0 Å². The molecule has 0 radical (unpaired) electrons. The van der Waals surface area contributed by atoms with Gasteiger partial charge in [-0.15, -0.1) is 0 Å². The van der Waals surface area contributed by atoms with Crippen molar-refractivity contribution in [3.63, 3.8) is 0 Å². The number of halogens is 4. The zero-order chi connectivity index (χ0) is 13.1. The highest BCUT2D eigenvalue weighted by atomic mass is 79.9. The number of rotatable bonds is 3. The average Bonchev–Trinajstić information content (AvgIpc) is 2.29. The first kappa shape index (κ1) is 13.3. The van der Waals surface area contributed by atoms with E-state index in [2.05, 4.69) is 21.2 Å². The molecule has 0 fully saturated rings. The molecule has 0 bridgehead atoms. The van der Waals surface area contributed by atoms with Gasteiger partial charge >= 0.3 is 0 Å². The van der Waals surface area contributed by atoms with Gasteiger partial charge in [0.1, 0.15) is 11.6 Å². The standard InChI is InChI=1S/C13H9BrClF2N/c14-12-2-1-10(16)6-13(12)18-7-8-3-9(15)5-11(17)4-8/h1-6,18H,7H2. The fourth-order valence-electron chi connectivity index (χ4n) is 1.54. The fraction of sp³-hybridized carbons (Fsp3) is 0.0769. The Morgan fingerprint density at radius 2 is 1.83 bits per heavy atom. The molecule has 2 aromatic rings. The third kappa shape index (κ3) is 3.43. The topological polar surface area (TPSA) is 12.0 Å². The van der Waals surface area contributed by atoms with Gasteiger partial charge in [0.25, 0.3) is 0 Å². The van der Waals surface area contributed by atoms with E-state index in [1.807, 2.05) is 0 Å². The first-order chi connectivity index (χ1) is 8.54. The van der Waals surface area contributed by atoms with E-state index in [0.717, 1.165) is 4.47 Å². The van der Waals surface area contributed by atoms with E-state index in [1.165, 1.54) is 24.3 Å². The minimum absolute atomic E-state index is 0.335. The van der Waals surface area contributed by atoms with Crippen molar-refractivity contribution in [1.29, 1.82) is 0 Å². The van der Waals surface area contributed by atoms with Crippen molar-refractivity contribution in [2.45, 2.75) is 6.54 Å². The van der Waals surface area contributed by atoms with Crippen molar-refractivity contribution in [2.75, 3.05) is 5.32 Å². The summed E-state index contributed by atoms with van der Waals surface area (Å²) in [6.45, 7) is 0.361. The third-order valence-corrected chi connectivity index (χ3v) is 3.24. The molecule has 1 nitrogen and oxygen atoms in total. The Balaban J connectivity index is 2.13. The maximum atomic E-state index is 13.1. The smallest absolute Gasteiger partial charge is 0.125 e. The van der Waals surface area contributed by atoms with Crippen LogP contribution in [0.15, 0.2) is 40.9 Å². The predicted molar refractivity (Wildman–Crippen MR) is 72.8 cm³/mol. The summed E-state index contributed by atoms with van der Waals surface area (Å²) in [6.07, 6.45) is 0. The van der Waals surface area contributed by atoms with Crippen LogP contribution in [0, 0.1) is 11.6 Å². The molecule has 0 aliphatic carbocycles. The molecular formula is C13H9BrClF2N. The molecule has 0 saturated carbocycles. The summed E-state index contributed by atoms with van der Waals surface area (Å²) in [5.74, 6) is -0.726. The maximum Gasteiger partial charge on any atom is 0.125 e. The molecule has 0 spiro atoms. The molecule has 2 aromatic carbocycles. The van der Waals surface area contributed by atoms with Crippen LogP contribution in [0.3, 0.4) is 0 Å². The Hall–Kier alpha value is -1.13. The first-order valence-electron chi connectivity index (χ1n) is 5.18. The number of hydrogen-bond donors (Lipinski definition) is 1. The zero-order valence-corrected chi connectivity index (χ0v) is 11.5. The van der Waals surface area contributed by atoms with E-state index >= 15 is 0 Å². The molecule has 18 heavy (non-hydrogen) atoms. The number of benzene rings is 2. The van der Waals surface area contributed by atoms with E-state index in [-0.39, 0.29) is 5.82 Å².